The summed E-state index contributed by atoms with van der Waals surface area (Å²) in [5.74, 6) is -13.2. The van der Waals surface area contributed by atoms with Gasteiger partial charge in [-0.3, -0.25) is 0 Å². The van der Waals surface area contributed by atoms with Crippen molar-refractivity contribution in [3.05, 3.63) is 0 Å². The van der Waals surface area contributed by atoms with Crippen LogP contribution in [0, 0.1) is 0 Å². The van der Waals surface area contributed by atoms with Crippen LogP contribution in [0.25, 0.3) is 0 Å². The van der Waals surface area contributed by atoms with Gasteiger partial charge in [-0.15, -0.1) is 0 Å². The second-order valence-electron chi connectivity index (χ2n) is 2.53. The van der Waals surface area contributed by atoms with Gasteiger partial charge in [0.1, 0.15) is 0 Å². The Balaban J connectivity index is 5.30. The number of alkyl halides is 9. The van der Waals surface area contributed by atoms with Crippen LogP contribution >= 0.6 is 0 Å². The Morgan fingerprint density at radius 1 is 0.571 bits per heavy atom. The van der Waals surface area contributed by atoms with Gasteiger partial charge in [-0.1, -0.05) is 0 Å². The van der Waals surface area contributed by atoms with Gasteiger partial charge in [0.2, 0.25) is 0 Å². The van der Waals surface area contributed by atoms with Gasteiger partial charge in [-0.25, -0.2) is 0 Å². The zero-order valence-corrected chi connectivity index (χ0v) is 6.40. The van der Waals surface area contributed by atoms with Gasteiger partial charge in [0.25, 0.3) is 0 Å². The van der Waals surface area contributed by atoms with Crippen molar-refractivity contribution in [3.63, 3.8) is 0 Å². The van der Waals surface area contributed by atoms with Crippen molar-refractivity contribution in [3.8, 4) is 0 Å². The van der Waals surface area contributed by atoms with Gasteiger partial charge in [-0.05, 0) is 0 Å². The molecule has 0 saturated carbocycles. The van der Waals surface area contributed by atoms with Crippen LogP contribution in [-0.4, -0.2) is 40.3 Å². The third-order valence-electron chi connectivity index (χ3n) is 1.30. The normalized spacial score (nSPS) is 15.9. The molecule has 0 nitrogen and oxygen atoms in total. The molecule has 0 unspecified atom stereocenters. The van der Waals surface area contributed by atoms with Crippen molar-refractivity contribution in [2.75, 3.05) is 0 Å². The van der Waals surface area contributed by atoms with Gasteiger partial charge >= 0.3 is 79.8 Å². The Kier molecular flexibility index (Phi) is 3.23. The van der Waals surface area contributed by atoms with Crippen molar-refractivity contribution < 1.29 is 39.5 Å². The van der Waals surface area contributed by atoms with Crippen LogP contribution in [0.5, 0.6) is 0 Å². The Hall–Kier alpha value is -0.0326. The number of hydrogen-bond donors (Lipinski definition) is 0. The molecule has 0 aromatic heterocycles. The SMILES string of the molecule is [Li][C](F)(F)C(F)(F)C(F)(F)C(F)(F)F. The summed E-state index contributed by atoms with van der Waals surface area (Å²) in [5.41, 5.74) is 0. The maximum atomic E-state index is 12.0. The number of halogens is 9. The fraction of sp³-hybridized carbons (Fsp3) is 1.00. The van der Waals surface area contributed by atoms with Crippen LogP contribution in [0.15, 0.2) is 0 Å². The summed E-state index contributed by atoms with van der Waals surface area (Å²) < 4.78 is 99.7. The van der Waals surface area contributed by atoms with E-state index in [1.165, 1.54) is 0 Å². The second kappa shape index (κ2) is 3.23. The van der Waals surface area contributed by atoms with E-state index in [1.807, 2.05) is 0 Å². The molecule has 0 saturated heterocycles. The van der Waals surface area contributed by atoms with Crippen molar-refractivity contribution in [2.24, 2.45) is 0 Å². The third kappa shape index (κ3) is 1.98. The fourth-order valence-corrected chi connectivity index (χ4v) is 0.454. The molecule has 0 bridgehead atoms. The molecule has 80 valence electrons. The average Bonchev–Trinajstić information content (AvgIpc) is 1.81. The molecule has 0 aromatic carbocycles. The first-order chi connectivity index (χ1) is 5.75. The summed E-state index contributed by atoms with van der Waals surface area (Å²) in [6.45, 7) is 0. The first-order valence-electron chi connectivity index (χ1n) is 2.95. The molecule has 14 heavy (non-hydrogen) atoms. The van der Waals surface area contributed by atoms with E-state index in [1.54, 1.807) is 0 Å². The minimum absolute atomic E-state index is 0.716. The number of hydrogen-bond acceptors (Lipinski definition) is 0. The van der Waals surface area contributed by atoms with Crippen LogP contribution in [0.4, 0.5) is 39.5 Å². The molecule has 0 heterocycles. The monoisotopic (exact) mass is 226 g/mol. The predicted molar refractivity (Wildman–Crippen MR) is 26.7 cm³/mol. The quantitative estimate of drug-likeness (QED) is 0.501. The van der Waals surface area contributed by atoms with E-state index >= 15 is 0 Å². The van der Waals surface area contributed by atoms with Crippen molar-refractivity contribution in [1.29, 1.82) is 0 Å². The molecule has 0 aliphatic heterocycles. The molecule has 0 radical (unpaired) electrons. The summed E-state index contributed by atoms with van der Waals surface area (Å²) in [6.07, 6.45) is -6.73. The molecule has 0 spiro atoms. The van der Waals surface area contributed by atoms with Crippen LogP contribution in [0.2, 0.25) is 0 Å². The summed E-state index contributed by atoms with van der Waals surface area (Å²) in [4.78, 5) is 0. The summed E-state index contributed by atoms with van der Waals surface area (Å²) >= 11 is -0.716. The van der Waals surface area contributed by atoms with Gasteiger partial charge in [0.05, 0.1) is 0 Å². The van der Waals surface area contributed by atoms with Crippen molar-refractivity contribution >= 4 is 17.7 Å². The van der Waals surface area contributed by atoms with Crippen molar-refractivity contribution in [2.45, 2.75) is 22.6 Å². The summed E-state index contributed by atoms with van der Waals surface area (Å²) in [5, 5.41) is 0. The average molecular weight is 226 g/mol. The third-order valence-corrected chi connectivity index (χ3v) is 1.30. The first kappa shape index (κ1) is 14.0. The summed E-state index contributed by atoms with van der Waals surface area (Å²) in [6, 6.07) is 0. The van der Waals surface area contributed by atoms with E-state index in [-0.39, 0.29) is 0 Å². The molecule has 0 rings (SSSR count). The van der Waals surface area contributed by atoms with E-state index in [2.05, 4.69) is 0 Å². The van der Waals surface area contributed by atoms with Crippen molar-refractivity contribution in [1.82, 2.24) is 0 Å². The molecule has 10 heteroatoms. The minimum atomic E-state index is -6.77. The van der Waals surface area contributed by atoms with E-state index in [0.29, 0.717) is 0 Å². The molecule has 0 aliphatic carbocycles. The first-order valence-corrected chi connectivity index (χ1v) is 2.95. The molecule has 0 atom stereocenters. The molecule has 0 N–H and O–H groups in total. The van der Waals surface area contributed by atoms with Crippen LogP contribution in [0.3, 0.4) is 0 Å². The van der Waals surface area contributed by atoms with Crippen LogP contribution in [-0.2, 0) is 0 Å². The van der Waals surface area contributed by atoms with E-state index in [4.69, 9.17) is 0 Å². The molecule has 0 amide bonds. The van der Waals surface area contributed by atoms with Crippen LogP contribution < -0.4 is 0 Å². The zero-order chi connectivity index (χ0) is 12.0. The van der Waals surface area contributed by atoms with Gasteiger partial charge in [0, 0.05) is 0 Å². The summed E-state index contributed by atoms with van der Waals surface area (Å²) in [7, 11) is 0. The molecular formula is C4F9Li. The Bertz CT molecular complexity index is 186. The Morgan fingerprint density at radius 2 is 0.857 bits per heavy atom. The van der Waals surface area contributed by atoms with Gasteiger partial charge in [0.15, 0.2) is 0 Å². The number of rotatable bonds is 2. The predicted octanol–water partition coefficient (Wildman–Crippen LogP) is 2.58. The Morgan fingerprint density at radius 3 is 0.929 bits per heavy atom. The Labute approximate surface area is 80.6 Å². The maximum absolute atomic E-state index is 12.0. The molecule has 0 fully saturated rings. The second-order valence-corrected chi connectivity index (χ2v) is 2.53. The molecular weight excluding hydrogens is 226 g/mol. The molecule has 0 aromatic rings. The van der Waals surface area contributed by atoms with E-state index in [0.717, 1.165) is 0 Å². The van der Waals surface area contributed by atoms with Gasteiger partial charge in [-0.2, -0.15) is 0 Å². The topological polar surface area (TPSA) is 0 Å². The standard InChI is InChI=1S/C4F9.Li/c5-1(6)2(7,8)3(9,10)4(11,12)13;. The zero-order valence-electron chi connectivity index (χ0n) is 6.40. The fourth-order valence-electron chi connectivity index (χ4n) is 0.454. The van der Waals surface area contributed by atoms with E-state index < -0.39 is 40.3 Å². The van der Waals surface area contributed by atoms with Crippen LogP contribution in [0.1, 0.15) is 0 Å². The molecule has 0 aliphatic rings. The van der Waals surface area contributed by atoms with Gasteiger partial charge < -0.3 is 0 Å². The van der Waals surface area contributed by atoms with E-state index in [9.17, 15) is 39.5 Å².